The summed E-state index contributed by atoms with van der Waals surface area (Å²) in [5.41, 5.74) is 0.495. The number of hydrogen-bond donors (Lipinski definition) is 0. The van der Waals surface area contributed by atoms with Crippen molar-refractivity contribution in [3.05, 3.63) is 54.1 Å². The fourth-order valence-electron chi connectivity index (χ4n) is 3.73. The van der Waals surface area contributed by atoms with Crippen LogP contribution >= 0.6 is 0 Å². The molecule has 182 valence electrons. The van der Waals surface area contributed by atoms with Gasteiger partial charge in [-0.25, -0.2) is 4.79 Å². The molecule has 0 aliphatic carbocycles. The number of benzene rings is 2. The van der Waals surface area contributed by atoms with E-state index >= 15 is 0 Å². The first-order valence-corrected chi connectivity index (χ1v) is 12.7. The zero-order valence-electron chi connectivity index (χ0n) is 21.0. The van der Waals surface area contributed by atoms with Gasteiger partial charge in [0.25, 0.3) is 0 Å². The van der Waals surface area contributed by atoms with Gasteiger partial charge in [-0.1, -0.05) is 65.7 Å². The van der Waals surface area contributed by atoms with Crippen LogP contribution in [0.3, 0.4) is 0 Å². The van der Waals surface area contributed by atoms with Crippen molar-refractivity contribution in [3.63, 3.8) is 0 Å². The third-order valence-electron chi connectivity index (χ3n) is 5.74. The first kappa shape index (κ1) is 26.8. The summed E-state index contributed by atoms with van der Waals surface area (Å²) >= 11 is 0. The Morgan fingerprint density at radius 2 is 1.33 bits per heavy atom. The Morgan fingerprint density at radius 1 is 0.727 bits per heavy atom. The maximum absolute atomic E-state index is 12.4. The summed E-state index contributed by atoms with van der Waals surface area (Å²) in [5, 5.41) is 0. The van der Waals surface area contributed by atoms with E-state index in [-0.39, 0.29) is 12.1 Å². The summed E-state index contributed by atoms with van der Waals surface area (Å²) in [6.07, 6.45) is 11.4. The minimum atomic E-state index is -0.385. The molecule has 0 heterocycles. The highest BCUT2D eigenvalue weighted by molar-refractivity contribution is 5.91. The summed E-state index contributed by atoms with van der Waals surface area (Å²) < 4.78 is 17.3. The van der Waals surface area contributed by atoms with Crippen molar-refractivity contribution in [1.82, 2.24) is 0 Å². The van der Waals surface area contributed by atoms with Crippen LogP contribution in [0.15, 0.2) is 48.5 Å². The van der Waals surface area contributed by atoms with E-state index in [2.05, 4.69) is 27.7 Å². The second-order valence-electron chi connectivity index (χ2n) is 9.08. The Balaban J connectivity index is 1.72. The van der Waals surface area contributed by atoms with Crippen molar-refractivity contribution < 1.29 is 19.0 Å². The van der Waals surface area contributed by atoms with Crippen molar-refractivity contribution in [2.75, 3.05) is 6.61 Å². The lowest BCUT2D eigenvalue weighted by Crippen LogP contribution is -2.12. The Bertz CT molecular complexity index is 782. The van der Waals surface area contributed by atoms with Crippen molar-refractivity contribution in [1.29, 1.82) is 0 Å². The van der Waals surface area contributed by atoms with Crippen molar-refractivity contribution >= 4 is 5.97 Å². The summed E-state index contributed by atoms with van der Waals surface area (Å²) in [6, 6.07) is 14.3. The molecule has 4 heteroatoms. The van der Waals surface area contributed by atoms with Crippen LogP contribution in [-0.2, 0) is 0 Å². The molecule has 0 saturated carbocycles. The first-order chi connectivity index (χ1) is 16.0. The van der Waals surface area contributed by atoms with Crippen LogP contribution in [0.25, 0.3) is 0 Å². The maximum Gasteiger partial charge on any atom is 0.343 e. The largest absolute Gasteiger partial charge is 0.493 e. The van der Waals surface area contributed by atoms with E-state index < -0.39 is 0 Å². The third kappa shape index (κ3) is 10.8. The van der Waals surface area contributed by atoms with E-state index in [1.54, 1.807) is 24.3 Å². The second-order valence-corrected chi connectivity index (χ2v) is 9.08. The van der Waals surface area contributed by atoms with Crippen molar-refractivity contribution in [3.8, 4) is 17.2 Å². The van der Waals surface area contributed by atoms with Gasteiger partial charge < -0.3 is 14.2 Å². The highest BCUT2D eigenvalue weighted by Gasteiger charge is 2.10. The van der Waals surface area contributed by atoms with Gasteiger partial charge in [0.05, 0.1) is 18.3 Å². The molecule has 0 aliphatic rings. The number of esters is 1. The maximum atomic E-state index is 12.4. The van der Waals surface area contributed by atoms with Gasteiger partial charge in [-0.2, -0.15) is 0 Å². The molecule has 0 amide bonds. The van der Waals surface area contributed by atoms with Crippen LogP contribution in [0.4, 0.5) is 0 Å². The molecule has 0 unspecified atom stereocenters. The van der Waals surface area contributed by atoms with E-state index in [0.29, 0.717) is 23.8 Å². The SMILES string of the molecule is CCCCCCCC[C@H](C)COc1ccc(OC(=O)c2ccc(O[C@H](C)CCC)cc2)cc1. The third-order valence-corrected chi connectivity index (χ3v) is 5.74. The highest BCUT2D eigenvalue weighted by atomic mass is 16.5. The van der Waals surface area contributed by atoms with E-state index in [0.717, 1.165) is 24.3 Å². The molecule has 0 spiro atoms. The molecule has 2 rings (SSSR count). The second kappa shape index (κ2) is 15.4. The van der Waals surface area contributed by atoms with Gasteiger partial charge in [0.2, 0.25) is 0 Å². The molecule has 2 aromatic carbocycles. The summed E-state index contributed by atoms with van der Waals surface area (Å²) in [7, 11) is 0. The number of ether oxygens (including phenoxy) is 3. The van der Waals surface area contributed by atoms with Gasteiger partial charge in [-0.3, -0.25) is 0 Å². The van der Waals surface area contributed by atoms with Gasteiger partial charge >= 0.3 is 5.97 Å². The summed E-state index contributed by atoms with van der Waals surface area (Å²) in [6.45, 7) is 9.38. The molecular formula is C29H42O4. The van der Waals surface area contributed by atoms with E-state index in [4.69, 9.17) is 14.2 Å². The molecular weight excluding hydrogens is 412 g/mol. The quantitative estimate of drug-likeness (QED) is 0.145. The number of hydrogen-bond acceptors (Lipinski definition) is 4. The molecule has 0 aromatic heterocycles. The normalized spacial score (nSPS) is 12.7. The molecule has 33 heavy (non-hydrogen) atoms. The lowest BCUT2D eigenvalue weighted by Gasteiger charge is -2.14. The van der Waals surface area contributed by atoms with Crippen LogP contribution in [0.2, 0.25) is 0 Å². The highest BCUT2D eigenvalue weighted by Crippen LogP contribution is 2.21. The topological polar surface area (TPSA) is 44.8 Å². The first-order valence-electron chi connectivity index (χ1n) is 12.7. The molecule has 0 saturated heterocycles. The van der Waals surface area contributed by atoms with Crippen LogP contribution < -0.4 is 14.2 Å². The van der Waals surface area contributed by atoms with E-state index in [9.17, 15) is 4.79 Å². The Labute approximate surface area is 200 Å². The minimum Gasteiger partial charge on any atom is -0.493 e. The van der Waals surface area contributed by atoms with Crippen LogP contribution in [-0.4, -0.2) is 18.7 Å². The smallest absolute Gasteiger partial charge is 0.343 e. The van der Waals surface area contributed by atoms with Crippen LogP contribution in [0.1, 0.15) is 95.8 Å². The molecule has 0 bridgehead atoms. The Morgan fingerprint density at radius 3 is 2.00 bits per heavy atom. The van der Waals surface area contributed by atoms with Crippen molar-refractivity contribution in [2.24, 2.45) is 5.92 Å². The average Bonchev–Trinajstić information content (AvgIpc) is 2.81. The van der Waals surface area contributed by atoms with Gasteiger partial charge in [0, 0.05) is 0 Å². The fourth-order valence-corrected chi connectivity index (χ4v) is 3.73. The number of carbonyl (C=O) groups excluding carboxylic acids is 1. The Kier molecular flexibility index (Phi) is 12.5. The summed E-state index contributed by atoms with van der Waals surface area (Å²) in [4.78, 5) is 12.4. The zero-order chi connectivity index (χ0) is 23.9. The monoisotopic (exact) mass is 454 g/mol. The van der Waals surface area contributed by atoms with E-state index in [1.165, 1.54) is 44.9 Å². The molecule has 2 aromatic rings. The molecule has 0 fully saturated rings. The lowest BCUT2D eigenvalue weighted by atomic mass is 10.0. The number of rotatable bonds is 16. The minimum absolute atomic E-state index is 0.159. The average molecular weight is 455 g/mol. The number of unbranched alkanes of at least 4 members (excludes halogenated alkanes) is 5. The summed E-state index contributed by atoms with van der Waals surface area (Å²) in [5.74, 6) is 2.21. The predicted octanol–water partition coefficient (Wildman–Crippen LogP) is 8.24. The predicted molar refractivity (Wildman–Crippen MR) is 135 cm³/mol. The molecule has 0 N–H and O–H groups in total. The molecule has 2 atom stereocenters. The van der Waals surface area contributed by atoms with Gasteiger partial charge in [-0.15, -0.1) is 0 Å². The molecule has 4 nitrogen and oxygen atoms in total. The fraction of sp³-hybridized carbons (Fsp3) is 0.552. The lowest BCUT2D eigenvalue weighted by molar-refractivity contribution is 0.0734. The van der Waals surface area contributed by atoms with Crippen molar-refractivity contribution in [2.45, 2.75) is 91.6 Å². The molecule has 0 radical (unpaired) electrons. The zero-order valence-corrected chi connectivity index (χ0v) is 21.0. The standard InChI is InChI=1S/C29H42O4/c1-5-7-8-9-10-11-13-23(3)22-31-26-18-20-28(21-19-26)33-29(30)25-14-16-27(17-15-25)32-24(4)12-6-2/h14-21,23-24H,5-13,22H2,1-4H3/t23-,24+/m0/s1. The Hall–Kier alpha value is -2.49. The van der Waals surface area contributed by atoms with Gasteiger partial charge in [-0.05, 0) is 74.2 Å². The number of carbonyl (C=O) groups is 1. The van der Waals surface area contributed by atoms with Gasteiger partial charge in [0.1, 0.15) is 17.2 Å². The van der Waals surface area contributed by atoms with Gasteiger partial charge in [0.15, 0.2) is 0 Å². The van der Waals surface area contributed by atoms with Crippen LogP contribution in [0.5, 0.6) is 17.2 Å². The van der Waals surface area contributed by atoms with E-state index in [1.807, 2.05) is 24.3 Å². The van der Waals surface area contributed by atoms with Crippen LogP contribution in [0, 0.1) is 5.92 Å². The molecule has 0 aliphatic heterocycles.